The zero-order valence-electron chi connectivity index (χ0n) is 34.5. The third kappa shape index (κ3) is 6.01. The number of rotatable bonds is 6. The highest BCUT2D eigenvalue weighted by Gasteiger charge is 2.21. The van der Waals surface area contributed by atoms with E-state index in [0.717, 1.165) is 50.1 Å². The zero-order valence-corrected chi connectivity index (χ0v) is 35.3. The van der Waals surface area contributed by atoms with Crippen molar-refractivity contribution in [1.29, 1.82) is 0 Å². The molecule has 0 N–H and O–H groups in total. The normalized spacial score (nSPS) is 11.8. The SMILES string of the molecule is c1ccc(-c2cccc(-c3cc(-n4c5cc6ccccc6cc5c5ccc6ccccc6c54)ccc3-c3nc(-c4ccccc4)nc(-c4ccc5sc6ccccc6c5c4)n3)c2)cc1. The van der Waals surface area contributed by atoms with Crippen LogP contribution in [0.4, 0.5) is 0 Å². The van der Waals surface area contributed by atoms with Crippen molar-refractivity contribution in [2.24, 2.45) is 0 Å². The Morgan fingerprint density at radius 3 is 1.78 bits per heavy atom. The second-order valence-corrected chi connectivity index (χ2v) is 17.5. The summed E-state index contributed by atoms with van der Waals surface area (Å²) in [7, 11) is 0. The van der Waals surface area contributed by atoms with Gasteiger partial charge in [0.25, 0.3) is 0 Å². The molecule has 3 heterocycles. The summed E-state index contributed by atoms with van der Waals surface area (Å²) in [5, 5.41) is 9.73. The van der Waals surface area contributed by atoms with Gasteiger partial charge < -0.3 is 4.57 Å². The standard InChI is InChI=1S/C59H36N4S/c1-3-14-37(15-4-1)40-21-13-22-43(32-40)50-36-45(63-53-35-42-20-8-7-19-41(42)33-51(53)48-29-26-38-16-9-10-23-46(38)56(48)63)28-30-49(50)59-61-57(39-17-5-2-6-18-39)60-58(62-59)44-27-31-55-52(34-44)47-24-11-12-25-54(47)64-55/h1-36H. The van der Waals surface area contributed by atoms with Crippen molar-refractivity contribution in [2.45, 2.75) is 0 Å². The number of aromatic nitrogens is 4. The van der Waals surface area contributed by atoms with Crippen LogP contribution in [0, 0.1) is 0 Å². The molecule has 0 unspecified atom stereocenters. The summed E-state index contributed by atoms with van der Waals surface area (Å²) in [4.78, 5) is 15.9. The smallest absolute Gasteiger partial charge is 0.164 e. The molecule has 0 aliphatic carbocycles. The minimum Gasteiger partial charge on any atom is -0.309 e. The second-order valence-electron chi connectivity index (χ2n) is 16.4. The first-order chi connectivity index (χ1) is 31.7. The Balaban J connectivity index is 1.09. The van der Waals surface area contributed by atoms with E-state index in [0.29, 0.717) is 17.5 Å². The Kier molecular flexibility index (Phi) is 8.36. The summed E-state index contributed by atoms with van der Waals surface area (Å²) >= 11 is 1.81. The average molecular weight is 833 g/mol. The van der Waals surface area contributed by atoms with Crippen LogP contribution in [0.25, 0.3) is 126 Å². The number of hydrogen-bond acceptors (Lipinski definition) is 4. The molecular formula is C59H36N4S. The number of fused-ring (bicyclic) bond motifs is 9. The van der Waals surface area contributed by atoms with Gasteiger partial charge in [0.1, 0.15) is 0 Å². The molecule has 0 aliphatic heterocycles. The summed E-state index contributed by atoms with van der Waals surface area (Å²) in [6, 6.07) is 78.3. The molecule has 298 valence electrons. The van der Waals surface area contributed by atoms with Crippen molar-refractivity contribution in [3.05, 3.63) is 218 Å². The molecule has 5 heteroatoms. The topological polar surface area (TPSA) is 43.6 Å². The fourth-order valence-electron chi connectivity index (χ4n) is 9.54. The lowest BCUT2D eigenvalue weighted by Crippen LogP contribution is -2.02. The van der Waals surface area contributed by atoms with E-state index < -0.39 is 0 Å². The van der Waals surface area contributed by atoms with Gasteiger partial charge >= 0.3 is 0 Å². The maximum absolute atomic E-state index is 5.38. The van der Waals surface area contributed by atoms with Gasteiger partial charge in [0.2, 0.25) is 0 Å². The first-order valence-corrected chi connectivity index (χ1v) is 22.4. The van der Waals surface area contributed by atoms with Crippen LogP contribution in [-0.4, -0.2) is 19.5 Å². The Hall–Kier alpha value is -8.25. The first-order valence-electron chi connectivity index (χ1n) is 21.6. The molecule has 13 aromatic rings. The molecule has 10 aromatic carbocycles. The predicted molar refractivity (Wildman–Crippen MR) is 269 cm³/mol. The Morgan fingerprint density at radius 2 is 0.953 bits per heavy atom. The van der Waals surface area contributed by atoms with Crippen molar-refractivity contribution >= 4 is 74.9 Å². The highest BCUT2D eigenvalue weighted by atomic mass is 32.1. The molecular weight excluding hydrogens is 797 g/mol. The molecule has 3 aromatic heterocycles. The van der Waals surface area contributed by atoms with Crippen LogP contribution in [0.2, 0.25) is 0 Å². The van der Waals surface area contributed by atoms with Crippen LogP contribution in [0.5, 0.6) is 0 Å². The molecule has 0 radical (unpaired) electrons. The van der Waals surface area contributed by atoms with E-state index in [9.17, 15) is 0 Å². The second kappa shape index (κ2) is 14.7. The Labute approximate surface area is 373 Å². The van der Waals surface area contributed by atoms with E-state index in [4.69, 9.17) is 15.0 Å². The van der Waals surface area contributed by atoms with Crippen molar-refractivity contribution < 1.29 is 0 Å². The number of nitrogens with zero attached hydrogens (tertiary/aromatic N) is 4. The lowest BCUT2D eigenvalue weighted by Gasteiger charge is -2.17. The molecule has 0 fully saturated rings. The van der Waals surface area contributed by atoms with E-state index in [1.807, 2.05) is 29.5 Å². The Bertz CT molecular complexity index is 3960. The maximum atomic E-state index is 5.38. The quantitative estimate of drug-likeness (QED) is 0.168. The summed E-state index contributed by atoms with van der Waals surface area (Å²) in [5.41, 5.74) is 10.6. The van der Waals surface area contributed by atoms with E-state index in [1.165, 1.54) is 58.0 Å². The van der Waals surface area contributed by atoms with Crippen LogP contribution < -0.4 is 0 Å². The largest absolute Gasteiger partial charge is 0.309 e. The maximum Gasteiger partial charge on any atom is 0.164 e. The summed E-state index contributed by atoms with van der Waals surface area (Å²) in [6.45, 7) is 0. The van der Waals surface area contributed by atoms with Crippen molar-refractivity contribution in [1.82, 2.24) is 19.5 Å². The average Bonchev–Trinajstić information content (AvgIpc) is 3.91. The van der Waals surface area contributed by atoms with Gasteiger partial charge in [-0.05, 0) is 99.1 Å². The van der Waals surface area contributed by atoms with Crippen LogP contribution in [-0.2, 0) is 0 Å². The molecule has 0 spiro atoms. The molecule has 0 saturated heterocycles. The minimum atomic E-state index is 0.615. The summed E-state index contributed by atoms with van der Waals surface area (Å²) in [6.07, 6.45) is 0. The number of benzene rings is 10. The van der Waals surface area contributed by atoms with Gasteiger partial charge in [0.05, 0.1) is 11.0 Å². The lowest BCUT2D eigenvalue weighted by molar-refractivity contribution is 1.07. The van der Waals surface area contributed by atoms with Crippen LogP contribution in [0.1, 0.15) is 0 Å². The van der Waals surface area contributed by atoms with Crippen molar-refractivity contribution in [3.8, 4) is 62.1 Å². The zero-order chi connectivity index (χ0) is 42.1. The third-order valence-corrected chi connectivity index (χ3v) is 13.8. The van der Waals surface area contributed by atoms with Crippen LogP contribution in [0.3, 0.4) is 0 Å². The molecule has 0 bridgehead atoms. The molecule has 4 nitrogen and oxygen atoms in total. The van der Waals surface area contributed by atoms with Crippen LogP contribution in [0.15, 0.2) is 218 Å². The third-order valence-electron chi connectivity index (χ3n) is 12.6. The number of hydrogen-bond donors (Lipinski definition) is 0. The Morgan fingerprint density at radius 1 is 0.312 bits per heavy atom. The highest BCUT2D eigenvalue weighted by molar-refractivity contribution is 7.25. The van der Waals surface area contributed by atoms with Gasteiger partial charge in [-0.3, -0.25) is 0 Å². The van der Waals surface area contributed by atoms with E-state index in [1.54, 1.807) is 0 Å². The van der Waals surface area contributed by atoms with E-state index in [-0.39, 0.29) is 0 Å². The fraction of sp³-hybridized carbons (Fsp3) is 0. The number of thiophene rings is 1. The molecule has 0 saturated carbocycles. The first kappa shape index (κ1) is 36.4. The van der Waals surface area contributed by atoms with Gasteiger partial charge in [0.15, 0.2) is 17.5 Å². The fourth-order valence-corrected chi connectivity index (χ4v) is 10.6. The monoisotopic (exact) mass is 832 g/mol. The highest BCUT2D eigenvalue weighted by Crippen LogP contribution is 2.42. The lowest BCUT2D eigenvalue weighted by atomic mass is 9.94. The molecule has 0 aliphatic rings. The predicted octanol–water partition coefficient (Wildman–Crippen LogP) is 16.0. The summed E-state index contributed by atoms with van der Waals surface area (Å²) < 4.78 is 4.97. The molecule has 13 rings (SSSR count). The van der Waals surface area contributed by atoms with Gasteiger partial charge in [-0.2, -0.15) is 0 Å². The van der Waals surface area contributed by atoms with Crippen molar-refractivity contribution in [2.75, 3.05) is 0 Å². The van der Waals surface area contributed by atoms with Gasteiger partial charge in [-0.25, -0.2) is 15.0 Å². The van der Waals surface area contributed by atoms with Crippen LogP contribution >= 0.6 is 11.3 Å². The summed E-state index contributed by atoms with van der Waals surface area (Å²) in [5.74, 6) is 1.88. The van der Waals surface area contributed by atoms with Gasteiger partial charge in [-0.1, -0.05) is 158 Å². The van der Waals surface area contributed by atoms with Gasteiger partial charge in [0, 0.05) is 58.7 Å². The molecule has 64 heavy (non-hydrogen) atoms. The minimum absolute atomic E-state index is 0.615. The van der Waals surface area contributed by atoms with Gasteiger partial charge in [-0.15, -0.1) is 11.3 Å². The van der Waals surface area contributed by atoms with E-state index >= 15 is 0 Å². The molecule has 0 atom stereocenters. The van der Waals surface area contributed by atoms with E-state index in [2.05, 4.69) is 205 Å². The molecule has 0 amide bonds. The van der Waals surface area contributed by atoms with Crippen molar-refractivity contribution in [3.63, 3.8) is 0 Å².